The van der Waals surface area contributed by atoms with Crippen LogP contribution < -0.4 is 5.32 Å². The van der Waals surface area contributed by atoms with Gasteiger partial charge in [0.1, 0.15) is 0 Å². The number of carbonyl (C=O) groups is 2. The lowest BCUT2D eigenvalue weighted by atomic mass is 9.94. The molecule has 5 heteroatoms. The molecule has 0 unspecified atom stereocenters. The lowest BCUT2D eigenvalue weighted by Gasteiger charge is -2.20. The highest BCUT2D eigenvalue weighted by atomic mass is 79.9. The summed E-state index contributed by atoms with van der Waals surface area (Å²) in [6, 6.07) is 7.61. The van der Waals surface area contributed by atoms with Gasteiger partial charge in [-0.15, -0.1) is 0 Å². The molecule has 0 aliphatic heterocycles. The summed E-state index contributed by atoms with van der Waals surface area (Å²) in [5, 5.41) is 12.1. The number of carboxylic acid groups (broad SMARTS) is 1. The maximum Gasteiger partial charge on any atom is 0.307 e. The molecular weight excluding hydrogens is 322 g/mol. The van der Waals surface area contributed by atoms with E-state index in [4.69, 9.17) is 5.11 Å². The molecule has 4 nitrogen and oxygen atoms in total. The molecule has 1 aliphatic rings. The summed E-state index contributed by atoms with van der Waals surface area (Å²) in [4.78, 5) is 23.4. The van der Waals surface area contributed by atoms with Crippen LogP contribution in [0.2, 0.25) is 0 Å². The predicted octanol–water partition coefficient (Wildman–Crippen LogP) is 3.13. The number of hydrogen-bond donors (Lipinski definition) is 2. The third-order valence-electron chi connectivity index (χ3n) is 3.90. The topological polar surface area (TPSA) is 66.4 Å². The molecule has 0 saturated heterocycles. The normalized spacial score (nSPS) is 23.3. The Labute approximate surface area is 126 Å². The zero-order valence-corrected chi connectivity index (χ0v) is 12.9. The first-order valence-corrected chi connectivity index (χ1v) is 7.57. The Morgan fingerprint density at radius 3 is 2.45 bits per heavy atom. The van der Waals surface area contributed by atoms with Crippen LogP contribution in [0.4, 0.5) is 0 Å². The number of amides is 1. The molecule has 1 amide bonds. The van der Waals surface area contributed by atoms with Gasteiger partial charge in [0, 0.05) is 4.47 Å². The molecule has 1 aliphatic carbocycles. The fourth-order valence-electron chi connectivity index (χ4n) is 2.72. The van der Waals surface area contributed by atoms with Gasteiger partial charge in [0.25, 0.3) is 0 Å². The van der Waals surface area contributed by atoms with E-state index in [1.165, 1.54) is 0 Å². The van der Waals surface area contributed by atoms with Crippen molar-refractivity contribution < 1.29 is 14.7 Å². The molecular formula is C15H18BrNO3. The second-order valence-electron chi connectivity index (χ2n) is 5.26. The maximum absolute atomic E-state index is 12.2. The number of benzene rings is 1. The third kappa shape index (κ3) is 3.39. The lowest BCUT2D eigenvalue weighted by Crippen LogP contribution is -2.36. The smallest absolute Gasteiger partial charge is 0.307 e. The van der Waals surface area contributed by atoms with Crippen molar-refractivity contribution >= 4 is 27.8 Å². The van der Waals surface area contributed by atoms with E-state index >= 15 is 0 Å². The number of rotatable bonds is 4. The summed E-state index contributed by atoms with van der Waals surface area (Å²) in [7, 11) is 0. The van der Waals surface area contributed by atoms with E-state index in [0.717, 1.165) is 16.5 Å². The third-order valence-corrected chi connectivity index (χ3v) is 4.43. The molecule has 0 radical (unpaired) electrons. The molecule has 1 fully saturated rings. The molecule has 1 aromatic rings. The van der Waals surface area contributed by atoms with Crippen LogP contribution in [0, 0.1) is 11.8 Å². The van der Waals surface area contributed by atoms with Crippen LogP contribution in [0.1, 0.15) is 37.8 Å². The molecule has 20 heavy (non-hydrogen) atoms. The summed E-state index contributed by atoms with van der Waals surface area (Å²) >= 11 is 3.37. The van der Waals surface area contributed by atoms with Crippen molar-refractivity contribution in [2.45, 2.75) is 32.2 Å². The van der Waals surface area contributed by atoms with Crippen LogP contribution in [0.5, 0.6) is 0 Å². The van der Waals surface area contributed by atoms with Gasteiger partial charge in [0.2, 0.25) is 5.91 Å². The number of halogens is 1. The van der Waals surface area contributed by atoms with Crippen LogP contribution in [0.3, 0.4) is 0 Å². The average Bonchev–Trinajstić information content (AvgIpc) is 2.88. The van der Waals surface area contributed by atoms with E-state index < -0.39 is 17.8 Å². The van der Waals surface area contributed by atoms with E-state index in [-0.39, 0.29) is 11.9 Å². The van der Waals surface area contributed by atoms with Gasteiger partial charge in [0.15, 0.2) is 0 Å². The molecule has 0 spiro atoms. The summed E-state index contributed by atoms with van der Waals surface area (Å²) in [6.07, 6.45) is 2.07. The van der Waals surface area contributed by atoms with Gasteiger partial charge in [0.05, 0.1) is 17.9 Å². The zero-order valence-electron chi connectivity index (χ0n) is 11.3. The highest BCUT2D eigenvalue weighted by Crippen LogP contribution is 2.32. The van der Waals surface area contributed by atoms with E-state index in [1.54, 1.807) is 0 Å². The predicted molar refractivity (Wildman–Crippen MR) is 79.2 cm³/mol. The van der Waals surface area contributed by atoms with Gasteiger partial charge < -0.3 is 10.4 Å². The fraction of sp³-hybridized carbons (Fsp3) is 0.467. The van der Waals surface area contributed by atoms with Gasteiger partial charge in [-0.2, -0.15) is 0 Å². The van der Waals surface area contributed by atoms with Crippen molar-refractivity contribution in [3.63, 3.8) is 0 Å². The quantitative estimate of drug-likeness (QED) is 0.885. The summed E-state index contributed by atoms with van der Waals surface area (Å²) in [6.45, 7) is 1.91. The molecule has 1 saturated carbocycles. The monoisotopic (exact) mass is 339 g/mol. The van der Waals surface area contributed by atoms with Crippen molar-refractivity contribution in [1.29, 1.82) is 0 Å². The molecule has 3 atom stereocenters. The van der Waals surface area contributed by atoms with Crippen LogP contribution in [0.15, 0.2) is 28.7 Å². The highest BCUT2D eigenvalue weighted by molar-refractivity contribution is 9.10. The molecule has 0 heterocycles. The Hall–Kier alpha value is -1.36. The van der Waals surface area contributed by atoms with E-state index in [0.29, 0.717) is 12.8 Å². The number of carbonyl (C=O) groups excluding carboxylic acids is 1. The van der Waals surface area contributed by atoms with Crippen LogP contribution in [-0.2, 0) is 9.59 Å². The van der Waals surface area contributed by atoms with Gasteiger partial charge >= 0.3 is 5.97 Å². The van der Waals surface area contributed by atoms with Gasteiger partial charge in [-0.05, 0) is 37.5 Å². The molecule has 1 aromatic carbocycles. The first kappa shape index (κ1) is 15.0. The minimum atomic E-state index is -0.862. The highest BCUT2D eigenvalue weighted by Gasteiger charge is 2.38. The summed E-state index contributed by atoms with van der Waals surface area (Å²) < 4.78 is 0.988. The van der Waals surface area contributed by atoms with E-state index in [9.17, 15) is 9.59 Å². The second-order valence-corrected chi connectivity index (χ2v) is 6.18. The summed E-state index contributed by atoms with van der Waals surface area (Å²) in [5.41, 5.74) is 1.01. The summed E-state index contributed by atoms with van der Waals surface area (Å²) in [5.74, 6) is -1.94. The number of hydrogen-bond acceptors (Lipinski definition) is 2. The first-order valence-electron chi connectivity index (χ1n) is 6.77. The number of nitrogens with one attached hydrogen (secondary N) is 1. The van der Waals surface area contributed by atoms with Crippen molar-refractivity contribution in [3.05, 3.63) is 34.3 Å². The Morgan fingerprint density at radius 1 is 1.25 bits per heavy atom. The number of carboxylic acids is 1. The molecule has 0 aromatic heterocycles. The first-order chi connectivity index (χ1) is 9.49. The Balaban J connectivity index is 2.00. The Bertz CT molecular complexity index is 500. The van der Waals surface area contributed by atoms with Gasteiger partial charge in [-0.1, -0.05) is 34.5 Å². The van der Waals surface area contributed by atoms with Crippen LogP contribution >= 0.6 is 15.9 Å². The van der Waals surface area contributed by atoms with Crippen molar-refractivity contribution in [2.24, 2.45) is 11.8 Å². The largest absolute Gasteiger partial charge is 0.481 e. The minimum Gasteiger partial charge on any atom is -0.481 e. The minimum absolute atomic E-state index is 0.120. The van der Waals surface area contributed by atoms with Gasteiger partial charge in [-0.3, -0.25) is 9.59 Å². The maximum atomic E-state index is 12.2. The fourth-order valence-corrected chi connectivity index (χ4v) is 2.99. The Morgan fingerprint density at radius 2 is 1.85 bits per heavy atom. The molecule has 108 valence electrons. The van der Waals surface area contributed by atoms with E-state index in [1.807, 2.05) is 31.2 Å². The van der Waals surface area contributed by atoms with E-state index in [2.05, 4.69) is 21.2 Å². The van der Waals surface area contributed by atoms with Crippen molar-refractivity contribution in [2.75, 3.05) is 0 Å². The van der Waals surface area contributed by atoms with Crippen LogP contribution in [0.25, 0.3) is 0 Å². The van der Waals surface area contributed by atoms with Crippen molar-refractivity contribution in [3.8, 4) is 0 Å². The SMILES string of the molecule is C[C@@H](NC(=O)[C@@H]1CCC[C@@H]1C(=O)O)c1ccc(Br)cc1. The molecule has 2 N–H and O–H groups in total. The lowest BCUT2D eigenvalue weighted by molar-refractivity contribution is -0.146. The zero-order chi connectivity index (χ0) is 14.7. The van der Waals surface area contributed by atoms with Gasteiger partial charge in [-0.25, -0.2) is 0 Å². The van der Waals surface area contributed by atoms with Crippen LogP contribution in [-0.4, -0.2) is 17.0 Å². The molecule has 0 bridgehead atoms. The Kier molecular flexibility index (Phi) is 4.81. The second kappa shape index (κ2) is 6.39. The standard InChI is InChI=1S/C15H18BrNO3/c1-9(10-5-7-11(16)8-6-10)17-14(18)12-3-2-4-13(12)15(19)20/h5-9,12-13H,2-4H2,1H3,(H,17,18)(H,19,20)/t9-,12-,13+/m1/s1. The van der Waals surface area contributed by atoms with Crippen molar-refractivity contribution in [1.82, 2.24) is 5.32 Å². The average molecular weight is 340 g/mol. The number of aliphatic carboxylic acids is 1. The molecule has 2 rings (SSSR count).